The summed E-state index contributed by atoms with van der Waals surface area (Å²) in [6, 6.07) is 2.52. The number of nitrogens with zero attached hydrogens (tertiary/aromatic N) is 2. The zero-order chi connectivity index (χ0) is 23.0. The topological polar surface area (TPSA) is 146 Å². The summed E-state index contributed by atoms with van der Waals surface area (Å²) in [5.41, 5.74) is 0.624. The van der Waals surface area contributed by atoms with Gasteiger partial charge >= 0.3 is 10.3 Å². The smallest absolute Gasteiger partial charge is 0.335 e. The highest BCUT2D eigenvalue weighted by atomic mass is 32.2. The number of fused-ring (bicyclic) bond motifs is 1. The van der Waals surface area contributed by atoms with Gasteiger partial charge in [-0.1, -0.05) is 0 Å². The van der Waals surface area contributed by atoms with Gasteiger partial charge in [-0.25, -0.2) is 18.7 Å². The minimum Gasteiger partial charge on any atom is -0.388 e. The van der Waals surface area contributed by atoms with Crippen molar-refractivity contribution in [2.45, 2.75) is 49.7 Å². The van der Waals surface area contributed by atoms with Gasteiger partial charge in [-0.15, -0.1) is 0 Å². The third kappa shape index (κ3) is 4.52. The van der Waals surface area contributed by atoms with Crippen molar-refractivity contribution in [2.24, 2.45) is 0 Å². The van der Waals surface area contributed by atoms with E-state index in [0.29, 0.717) is 24.2 Å². The van der Waals surface area contributed by atoms with Crippen LogP contribution in [0.4, 0.5) is 20.4 Å². The molecule has 1 aromatic heterocycles. The molecule has 32 heavy (non-hydrogen) atoms. The van der Waals surface area contributed by atoms with Crippen molar-refractivity contribution in [2.75, 3.05) is 17.7 Å². The van der Waals surface area contributed by atoms with E-state index >= 15 is 0 Å². The van der Waals surface area contributed by atoms with E-state index in [1.807, 2.05) is 4.72 Å². The molecule has 1 fully saturated rings. The normalized spacial score (nSPS) is 27.3. The molecule has 174 valence electrons. The van der Waals surface area contributed by atoms with Gasteiger partial charge in [0, 0.05) is 25.1 Å². The van der Waals surface area contributed by atoms with Crippen molar-refractivity contribution in [3.8, 4) is 0 Å². The van der Waals surface area contributed by atoms with E-state index < -0.39 is 52.3 Å². The van der Waals surface area contributed by atoms with Gasteiger partial charge in [-0.05, 0) is 30.5 Å². The summed E-state index contributed by atoms with van der Waals surface area (Å²) in [5, 5.41) is 26.4. The molecule has 5 atom stereocenters. The number of anilines is 2. The van der Waals surface area contributed by atoms with Crippen LogP contribution in [0.2, 0.25) is 0 Å². The molecule has 4 rings (SSSR count). The highest BCUT2D eigenvalue weighted by Crippen LogP contribution is 2.37. The van der Waals surface area contributed by atoms with E-state index in [9.17, 15) is 27.4 Å². The number of hydrogen-bond donors (Lipinski definition) is 5. The third-order valence-electron chi connectivity index (χ3n) is 5.73. The van der Waals surface area contributed by atoms with Gasteiger partial charge in [0.2, 0.25) is 0 Å². The molecular weight excluding hydrogens is 448 g/mol. The number of halogens is 2. The van der Waals surface area contributed by atoms with Gasteiger partial charge in [0.25, 0.3) is 0 Å². The van der Waals surface area contributed by atoms with Crippen molar-refractivity contribution >= 4 is 21.9 Å². The lowest BCUT2D eigenvalue weighted by atomic mass is 10.1. The first-order valence-electron chi connectivity index (χ1n) is 9.98. The van der Waals surface area contributed by atoms with Crippen molar-refractivity contribution in [3.63, 3.8) is 0 Å². The number of nitrogens with one attached hydrogen (secondary N) is 3. The van der Waals surface area contributed by atoms with Crippen LogP contribution in [0.25, 0.3) is 0 Å². The molecule has 10 nitrogen and oxygen atoms in total. The molecule has 13 heteroatoms. The lowest BCUT2D eigenvalue weighted by molar-refractivity contribution is -0.00882. The van der Waals surface area contributed by atoms with E-state index in [1.165, 1.54) is 19.4 Å². The lowest BCUT2D eigenvalue weighted by Gasteiger charge is -2.19. The van der Waals surface area contributed by atoms with Crippen molar-refractivity contribution in [1.82, 2.24) is 14.7 Å². The Labute approximate surface area is 183 Å². The van der Waals surface area contributed by atoms with E-state index in [0.717, 1.165) is 12.1 Å². The standard InChI is InChI=1S/C19H23F2N5O5S/c1-22-32(29,30)31-14-6-13(18(27)19(14)28)26-16-7-15(23-8-24-16)25-12-5-2-9-10(20)3-4-11(21)17(9)12/h3-4,7-8,12-14,18-19,22,27-28H,2,5-6H2,1H3,(H2,23,24,25,26)/t12-,13+,14+,18-,19-/m0/s1. The van der Waals surface area contributed by atoms with E-state index in [-0.39, 0.29) is 17.8 Å². The second-order valence-electron chi connectivity index (χ2n) is 7.71. The highest BCUT2D eigenvalue weighted by molar-refractivity contribution is 7.84. The van der Waals surface area contributed by atoms with Crippen LogP contribution >= 0.6 is 0 Å². The number of aliphatic hydroxyl groups excluding tert-OH is 2. The summed E-state index contributed by atoms with van der Waals surface area (Å²) in [4.78, 5) is 8.18. The summed E-state index contributed by atoms with van der Waals surface area (Å²) in [6.07, 6.45) is -1.74. The Morgan fingerprint density at radius 2 is 1.78 bits per heavy atom. The molecule has 0 unspecified atom stereocenters. The Morgan fingerprint density at radius 3 is 2.50 bits per heavy atom. The highest BCUT2D eigenvalue weighted by Gasteiger charge is 2.44. The maximum atomic E-state index is 14.3. The molecule has 0 aliphatic heterocycles. The Hall–Kier alpha value is -2.45. The molecule has 1 heterocycles. The maximum Gasteiger partial charge on any atom is 0.335 e. The number of hydrogen-bond acceptors (Lipinski definition) is 9. The van der Waals surface area contributed by atoms with Crippen LogP contribution in [0.3, 0.4) is 0 Å². The Balaban J connectivity index is 1.45. The summed E-state index contributed by atoms with van der Waals surface area (Å²) in [5.74, 6) is -0.299. The molecule has 1 saturated carbocycles. The first kappa shape index (κ1) is 22.7. The predicted molar refractivity (Wildman–Crippen MR) is 110 cm³/mol. The minimum absolute atomic E-state index is 0.00348. The number of benzene rings is 1. The quantitative estimate of drug-likeness (QED) is 0.392. The van der Waals surface area contributed by atoms with Crippen LogP contribution in [-0.2, 0) is 20.9 Å². The molecule has 2 aliphatic rings. The monoisotopic (exact) mass is 471 g/mol. The molecule has 0 saturated heterocycles. The number of aromatic nitrogens is 2. The second-order valence-corrected chi connectivity index (χ2v) is 9.22. The van der Waals surface area contributed by atoms with Crippen LogP contribution in [0.15, 0.2) is 24.5 Å². The van der Waals surface area contributed by atoms with Crippen molar-refractivity contribution < 1.29 is 31.6 Å². The molecule has 2 aromatic rings. The van der Waals surface area contributed by atoms with Crippen LogP contribution in [-0.4, -0.2) is 60.0 Å². The van der Waals surface area contributed by atoms with Crippen LogP contribution in [0.5, 0.6) is 0 Å². The second kappa shape index (κ2) is 8.83. The summed E-state index contributed by atoms with van der Waals surface area (Å²) >= 11 is 0. The molecule has 1 aromatic carbocycles. The first-order chi connectivity index (χ1) is 15.2. The van der Waals surface area contributed by atoms with Gasteiger partial charge in [0.05, 0.1) is 12.1 Å². The van der Waals surface area contributed by atoms with Gasteiger partial charge in [-0.2, -0.15) is 13.1 Å². The van der Waals surface area contributed by atoms with Crippen LogP contribution in [0, 0.1) is 11.6 Å². The van der Waals surface area contributed by atoms with Crippen LogP contribution < -0.4 is 15.4 Å². The average Bonchev–Trinajstić information content (AvgIpc) is 3.29. The molecule has 0 amide bonds. The molecule has 0 spiro atoms. The largest absolute Gasteiger partial charge is 0.388 e. The van der Waals surface area contributed by atoms with Gasteiger partial charge in [-0.3, -0.25) is 4.18 Å². The van der Waals surface area contributed by atoms with Crippen molar-refractivity contribution in [1.29, 1.82) is 0 Å². The number of aliphatic hydroxyl groups is 2. The summed E-state index contributed by atoms with van der Waals surface area (Å²) in [7, 11) is -2.88. The Morgan fingerprint density at radius 1 is 1.09 bits per heavy atom. The van der Waals surface area contributed by atoms with Gasteiger partial charge in [0.15, 0.2) is 0 Å². The SMILES string of the molecule is CNS(=O)(=O)O[C@@H]1C[C@@H](Nc2cc(N[C@H]3CCc4c(F)ccc(F)c43)ncn2)[C@H](O)[C@H]1O. The molecule has 5 N–H and O–H groups in total. The minimum atomic E-state index is -4.05. The summed E-state index contributed by atoms with van der Waals surface area (Å²) < 4.78 is 58.3. The fourth-order valence-electron chi connectivity index (χ4n) is 4.14. The van der Waals surface area contributed by atoms with E-state index in [1.54, 1.807) is 0 Å². The molecular formula is C19H23F2N5O5S. The molecule has 2 aliphatic carbocycles. The summed E-state index contributed by atoms with van der Waals surface area (Å²) in [6.45, 7) is 0. The fraction of sp³-hybridized carbons (Fsp3) is 0.474. The van der Waals surface area contributed by atoms with E-state index in [2.05, 4.69) is 20.6 Å². The fourth-order valence-corrected chi connectivity index (χ4v) is 4.75. The molecule has 0 radical (unpaired) electrons. The maximum absolute atomic E-state index is 14.3. The zero-order valence-electron chi connectivity index (χ0n) is 17.0. The predicted octanol–water partition coefficient (Wildman–Crippen LogP) is 0.610. The molecule has 0 bridgehead atoms. The third-order valence-corrected chi connectivity index (χ3v) is 6.73. The van der Waals surface area contributed by atoms with Gasteiger partial charge < -0.3 is 20.8 Å². The van der Waals surface area contributed by atoms with E-state index in [4.69, 9.17) is 4.18 Å². The Bertz CT molecular complexity index is 1110. The zero-order valence-corrected chi connectivity index (χ0v) is 17.8. The van der Waals surface area contributed by atoms with Gasteiger partial charge in [0.1, 0.15) is 47.9 Å². The lowest BCUT2D eigenvalue weighted by Crippen LogP contribution is -2.38. The average molecular weight is 471 g/mol. The number of rotatable bonds is 7. The Kier molecular flexibility index (Phi) is 6.27. The van der Waals surface area contributed by atoms with Crippen molar-refractivity contribution in [3.05, 3.63) is 47.3 Å². The first-order valence-corrected chi connectivity index (χ1v) is 11.4. The van der Waals surface area contributed by atoms with Crippen LogP contribution in [0.1, 0.15) is 30.0 Å².